The maximum Gasteiger partial charge on any atom is -0.0193 e. The summed E-state index contributed by atoms with van der Waals surface area (Å²) in [7, 11) is 0. The van der Waals surface area contributed by atoms with Gasteiger partial charge in [-0.05, 0) is 54.9 Å². The second kappa shape index (κ2) is 5.89. The van der Waals surface area contributed by atoms with Crippen molar-refractivity contribution in [2.75, 3.05) is 0 Å². The van der Waals surface area contributed by atoms with Crippen LogP contribution in [0.1, 0.15) is 63.6 Å². The topological polar surface area (TPSA) is 0 Å². The van der Waals surface area contributed by atoms with Crippen molar-refractivity contribution in [2.45, 2.75) is 53.4 Å². The highest BCUT2D eigenvalue weighted by Gasteiger charge is 2.07. The first-order valence-electron chi connectivity index (χ1n) is 6.40. The zero-order valence-corrected chi connectivity index (χ0v) is 11.3. The Bertz CT molecular complexity index is 372. The second-order valence-electron chi connectivity index (χ2n) is 4.55. The summed E-state index contributed by atoms with van der Waals surface area (Å²) in [4.78, 5) is 0. The molecule has 0 bridgehead atoms. The van der Waals surface area contributed by atoms with Crippen LogP contribution in [0.3, 0.4) is 0 Å². The summed E-state index contributed by atoms with van der Waals surface area (Å²) in [6.07, 6.45) is 4.52. The fourth-order valence-corrected chi connectivity index (χ4v) is 1.99. The molecule has 1 atom stereocenters. The van der Waals surface area contributed by atoms with Gasteiger partial charge >= 0.3 is 0 Å². The predicted octanol–water partition coefficient (Wildman–Crippen LogP) is 5.19. The molecule has 0 spiro atoms. The van der Waals surface area contributed by atoms with Gasteiger partial charge in [-0.3, -0.25) is 0 Å². The Kier molecular flexibility index (Phi) is 4.79. The summed E-state index contributed by atoms with van der Waals surface area (Å²) < 4.78 is 0. The van der Waals surface area contributed by atoms with E-state index in [1.165, 1.54) is 28.7 Å². The average Bonchev–Trinajstić information content (AvgIpc) is 2.35. The maximum atomic E-state index is 2.39. The molecule has 0 aliphatic carbocycles. The third-order valence-electron chi connectivity index (χ3n) is 3.55. The second-order valence-corrected chi connectivity index (χ2v) is 4.55. The molecule has 88 valence electrons. The van der Waals surface area contributed by atoms with Crippen molar-refractivity contribution in [3.05, 3.63) is 41.0 Å². The highest BCUT2D eigenvalue weighted by atomic mass is 14.1. The monoisotopic (exact) mass is 216 g/mol. The Morgan fingerprint density at radius 3 is 2.50 bits per heavy atom. The van der Waals surface area contributed by atoms with Crippen LogP contribution in [-0.2, 0) is 6.42 Å². The first-order valence-corrected chi connectivity index (χ1v) is 6.40. The van der Waals surface area contributed by atoms with Gasteiger partial charge < -0.3 is 0 Å². The first-order chi connectivity index (χ1) is 7.63. The standard InChI is InChI=1S/C16H24/c1-6-12(4)15-9-10-16(13(5)7-2)14(8-3)11-15/h7,9-12H,6,8H2,1-5H3/b13-7-. The van der Waals surface area contributed by atoms with Crippen molar-refractivity contribution >= 4 is 5.57 Å². The van der Waals surface area contributed by atoms with E-state index in [-0.39, 0.29) is 0 Å². The number of hydrogen-bond acceptors (Lipinski definition) is 0. The van der Waals surface area contributed by atoms with E-state index < -0.39 is 0 Å². The van der Waals surface area contributed by atoms with Gasteiger partial charge in [-0.25, -0.2) is 0 Å². The Labute approximate surface area is 100 Å². The third kappa shape index (κ3) is 2.75. The number of rotatable bonds is 4. The van der Waals surface area contributed by atoms with Crippen molar-refractivity contribution in [3.63, 3.8) is 0 Å². The molecule has 0 heterocycles. The van der Waals surface area contributed by atoms with Gasteiger partial charge in [0.05, 0.1) is 0 Å². The molecule has 0 radical (unpaired) electrons. The zero-order valence-electron chi connectivity index (χ0n) is 11.3. The summed E-state index contributed by atoms with van der Waals surface area (Å²) >= 11 is 0. The minimum Gasteiger partial charge on any atom is -0.0841 e. The van der Waals surface area contributed by atoms with Crippen LogP contribution in [0.15, 0.2) is 24.3 Å². The average molecular weight is 216 g/mol. The van der Waals surface area contributed by atoms with Crippen molar-refractivity contribution in [2.24, 2.45) is 0 Å². The lowest BCUT2D eigenvalue weighted by atomic mass is 9.91. The van der Waals surface area contributed by atoms with Crippen LogP contribution in [0.2, 0.25) is 0 Å². The van der Waals surface area contributed by atoms with Gasteiger partial charge in [0, 0.05) is 0 Å². The van der Waals surface area contributed by atoms with Gasteiger partial charge in [0.2, 0.25) is 0 Å². The Morgan fingerprint density at radius 1 is 1.31 bits per heavy atom. The lowest BCUT2D eigenvalue weighted by Crippen LogP contribution is -1.96. The van der Waals surface area contributed by atoms with Crippen LogP contribution in [-0.4, -0.2) is 0 Å². The van der Waals surface area contributed by atoms with E-state index >= 15 is 0 Å². The summed E-state index contributed by atoms with van der Waals surface area (Å²) in [6, 6.07) is 6.96. The number of allylic oxidation sites excluding steroid dienone is 2. The lowest BCUT2D eigenvalue weighted by molar-refractivity contribution is 0.732. The van der Waals surface area contributed by atoms with E-state index in [4.69, 9.17) is 0 Å². The molecule has 0 aliphatic rings. The normalized spacial score (nSPS) is 13.9. The molecule has 1 unspecified atom stereocenters. The van der Waals surface area contributed by atoms with Gasteiger partial charge in [-0.15, -0.1) is 0 Å². The quantitative estimate of drug-likeness (QED) is 0.650. The summed E-state index contributed by atoms with van der Waals surface area (Å²) in [5, 5.41) is 0. The van der Waals surface area contributed by atoms with E-state index in [1.807, 2.05) is 0 Å². The number of benzene rings is 1. The Hall–Kier alpha value is -1.04. The van der Waals surface area contributed by atoms with Gasteiger partial charge in [0.1, 0.15) is 0 Å². The number of aryl methyl sites for hydroxylation is 1. The van der Waals surface area contributed by atoms with E-state index in [0.717, 1.165) is 6.42 Å². The molecular weight excluding hydrogens is 192 g/mol. The Morgan fingerprint density at radius 2 is 2.00 bits per heavy atom. The summed E-state index contributed by atoms with van der Waals surface area (Å²) in [6.45, 7) is 11.1. The molecule has 0 heteroatoms. The third-order valence-corrected chi connectivity index (χ3v) is 3.55. The maximum absolute atomic E-state index is 2.39. The van der Waals surface area contributed by atoms with E-state index in [1.54, 1.807) is 0 Å². The smallest absolute Gasteiger partial charge is 0.0193 e. The molecule has 1 aromatic rings. The van der Waals surface area contributed by atoms with Crippen molar-refractivity contribution in [1.82, 2.24) is 0 Å². The van der Waals surface area contributed by atoms with Gasteiger partial charge in [0.25, 0.3) is 0 Å². The van der Waals surface area contributed by atoms with Gasteiger partial charge in [-0.1, -0.05) is 45.0 Å². The van der Waals surface area contributed by atoms with E-state index in [0.29, 0.717) is 5.92 Å². The predicted molar refractivity (Wildman–Crippen MR) is 73.9 cm³/mol. The largest absolute Gasteiger partial charge is 0.0841 e. The van der Waals surface area contributed by atoms with Crippen molar-refractivity contribution in [1.29, 1.82) is 0 Å². The minimum atomic E-state index is 0.672. The highest BCUT2D eigenvalue weighted by molar-refractivity contribution is 5.66. The van der Waals surface area contributed by atoms with Crippen LogP contribution < -0.4 is 0 Å². The molecule has 1 rings (SSSR count). The molecule has 0 N–H and O–H groups in total. The molecular formula is C16H24. The van der Waals surface area contributed by atoms with Gasteiger partial charge in [-0.2, -0.15) is 0 Å². The van der Waals surface area contributed by atoms with E-state index in [2.05, 4.69) is 58.9 Å². The summed E-state index contributed by atoms with van der Waals surface area (Å²) in [5.41, 5.74) is 5.75. The number of hydrogen-bond donors (Lipinski definition) is 0. The SMILES string of the molecule is C/C=C(/C)c1ccc(C(C)CC)cc1CC. The highest BCUT2D eigenvalue weighted by Crippen LogP contribution is 2.25. The fourth-order valence-electron chi connectivity index (χ4n) is 1.99. The van der Waals surface area contributed by atoms with E-state index in [9.17, 15) is 0 Å². The van der Waals surface area contributed by atoms with Gasteiger partial charge in [0.15, 0.2) is 0 Å². The zero-order chi connectivity index (χ0) is 12.1. The van der Waals surface area contributed by atoms with Crippen LogP contribution in [0.4, 0.5) is 0 Å². The molecule has 0 fully saturated rings. The molecule has 0 nitrogen and oxygen atoms in total. The molecule has 1 aromatic carbocycles. The molecule has 16 heavy (non-hydrogen) atoms. The first kappa shape index (κ1) is 13.0. The molecule has 0 saturated carbocycles. The minimum absolute atomic E-state index is 0.672. The molecule has 0 aromatic heterocycles. The van der Waals surface area contributed by atoms with Crippen LogP contribution in [0.5, 0.6) is 0 Å². The fraction of sp³-hybridized carbons (Fsp3) is 0.500. The van der Waals surface area contributed by atoms with Crippen molar-refractivity contribution < 1.29 is 0 Å². The van der Waals surface area contributed by atoms with Crippen LogP contribution >= 0.6 is 0 Å². The molecule has 0 amide bonds. The van der Waals surface area contributed by atoms with Crippen LogP contribution in [0, 0.1) is 0 Å². The molecule has 0 aliphatic heterocycles. The Balaban J connectivity index is 3.16. The molecule has 0 saturated heterocycles. The van der Waals surface area contributed by atoms with Crippen molar-refractivity contribution in [3.8, 4) is 0 Å². The van der Waals surface area contributed by atoms with Crippen LogP contribution in [0.25, 0.3) is 5.57 Å². The summed E-state index contributed by atoms with van der Waals surface area (Å²) in [5.74, 6) is 0.672. The lowest BCUT2D eigenvalue weighted by Gasteiger charge is -2.14.